The molecule has 1 atom stereocenters. The van der Waals surface area contributed by atoms with E-state index in [4.69, 9.17) is 0 Å². The molecule has 0 aliphatic carbocycles. The Kier molecular flexibility index (Phi) is 5.15. The molecule has 2 amide bonds. The summed E-state index contributed by atoms with van der Waals surface area (Å²) in [5, 5.41) is 1.90. The molecule has 1 aromatic heterocycles. The fraction of sp³-hybridized carbons (Fsp3) is 0.500. The number of hydrogen-bond donors (Lipinski definition) is 1. The van der Waals surface area contributed by atoms with Gasteiger partial charge < -0.3 is 9.80 Å². The molecule has 0 spiro atoms. The Morgan fingerprint density at radius 2 is 2.29 bits per heavy atom. The number of rotatable bonds is 4. The number of hydrogen-bond acceptors (Lipinski definition) is 7. The Morgan fingerprint density at radius 1 is 1.46 bits per heavy atom. The number of imide groups is 1. The second-order valence-corrected chi connectivity index (χ2v) is 7.36. The highest BCUT2D eigenvalue weighted by atomic mass is 32.2. The smallest absolute Gasteiger partial charge is 0.290 e. The Balaban J connectivity index is 1.74. The lowest BCUT2D eigenvalue weighted by Gasteiger charge is -2.34. The van der Waals surface area contributed by atoms with Crippen molar-refractivity contribution >= 4 is 34.9 Å². The van der Waals surface area contributed by atoms with Crippen molar-refractivity contribution in [2.24, 2.45) is 5.92 Å². The summed E-state index contributed by atoms with van der Waals surface area (Å²) in [7, 11) is 4.18. The van der Waals surface area contributed by atoms with E-state index in [1.165, 1.54) is 6.42 Å². The first-order chi connectivity index (χ1) is 11.5. The van der Waals surface area contributed by atoms with Crippen LogP contribution in [-0.4, -0.2) is 59.7 Å². The molecule has 1 aromatic rings. The van der Waals surface area contributed by atoms with Crippen molar-refractivity contribution in [2.45, 2.75) is 12.8 Å². The van der Waals surface area contributed by atoms with Gasteiger partial charge in [-0.25, -0.2) is 9.97 Å². The molecule has 0 aromatic carbocycles. The van der Waals surface area contributed by atoms with Crippen LogP contribution in [0.25, 0.3) is 6.08 Å². The minimum Gasteiger partial charge on any atom is -0.340 e. The largest absolute Gasteiger partial charge is 0.340 e. The van der Waals surface area contributed by atoms with Gasteiger partial charge in [0.25, 0.3) is 11.1 Å². The number of nitrogens with zero attached hydrogens (tertiary/aromatic N) is 4. The van der Waals surface area contributed by atoms with Crippen molar-refractivity contribution in [3.8, 4) is 0 Å². The SMILES string of the molecule is CN(C)CC1CCCN(c2nccc(C=C3SC(=O)NC3=O)n2)C1. The highest BCUT2D eigenvalue weighted by molar-refractivity contribution is 8.18. The van der Waals surface area contributed by atoms with Crippen LogP contribution in [0.2, 0.25) is 0 Å². The minimum absolute atomic E-state index is 0.344. The van der Waals surface area contributed by atoms with Gasteiger partial charge in [0, 0.05) is 25.8 Å². The number of amides is 2. The molecule has 1 unspecified atom stereocenters. The lowest BCUT2D eigenvalue weighted by Crippen LogP contribution is -2.40. The fourth-order valence-corrected chi connectivity index (χ4v) is 3.73. The van der Waals surface area contributed by atoms with Gasteiger partial charge in [-0.2, -0.15) is 0 Å². The number of aromatic nitrogens is 2. The van der Waals surface area contributed by atoms with E-state index in [0.717, 1.165) is 37.8 Å². The second-order valence-electron chi connectivity index (χ2n) is 6.35. The summed E-state index contributed by atoms with van der Waals surface area (Å²) >= 11 is 0.899. The third-order valence-corrected chi connectivity index (χ3v) is 4.82. The Labute approximate surface area is 145 Å². The Hall–Kier alpha value is -1.93. The van der Waals surface area contributed by atoms with Crippen LogP contribution < -0.4 is 10.2 Å². The van der Waals surface area contributed by atoms with E-state index in [1.54, 1.807) is 18.3 Å². The molecule has 2 fully saturated rings. The summed E-state index contributed by atoms with van der Waals surface area (Å²) in [6.07, 6.45) is 5.68. The van der Waals surface area contributed by atoms with E-state index in [0.29, 0.717) is 22.5 Å². The van der Waals surface area contributed by atoms with Gasteiger partial charge in [-0.15, -0.1) is 0 Å². The summed E-state index contributed by atoms with van der Waals surface area (Å²) in [5.74, 6) is 0.921. The van der Waals surface area contributed by atoms with Crippen molar-refractivity contribution in [1.29, 1.82) is 0 Å². The molecule has 2 aliphatic heterocycles. The normalized spacial score (nSPS) is 23.2. The molecule has 2 aliphatic rings. The van der Waals surface area contributed by atoms with Crippen LogP contribution in [0.1, 0.15) is 18.5 Å². The number of carbonyl (C=O) groups excluding carboxylic acids is 2. The maximum atomic E-state index is 11.6. The highest BCUT2D eigenvalue weighted by Gasteiger charge is 2.26. The van der Waals surface area contributed by atoms with Gasteiger partial charge in [-0.3, -0.25) is 14.9 Å². The first-order valence-corrected chi connectivity index (χ1v) is 8.80. The van der Waals surface area contributed by atoms with Gasteiger partial charge in [0.05, 0.1) is 10.6 Å². The van der Waals surface area contributed by atoms with Crippen molar-refractivity contribution < 1.29 is 9.59 Å². The van der Waals surface area contributed by atoms with Crippen molar-refractivity contribution in [3.05, 3.63) is 22.9 Å². The molecule has 0 radical (unpaired) electrons. The zero-order valence-electron chi connectivity index (χ0n) is 13.9. The molecule has 0 bridgehead atoms. The quantitative estimate of drug-likeness (QED) is 0.829. The second kappa shape index (κ2) is 7.31. The van der Waals surface area contributed by atoms with Crippen LogP contribution in [0.15, 0.2) is 17.2 Å². The molecule has 2 saturated heterocycles. The average Bonchev–Trinajstić information content (AvgIpc) is 2.85. The molecule has 3 rings (SSSR count). The van der Waals surface area contributed by atoms with E-state index in [9.17, 15) is 9.59 Å². The first kappa shape index (κ1) is 16.9. The molecule has 3 heterocycles. The molecule has 1 N–H and O–H groups in total. The average molecular weight is 347 g/mol. The fourth-order valence-electron chi connectivity index (χ4n) is 3.06. The third-order valence-electron chi connectivity index (χ3n) is 4.01. The number of nitrogens with one attached hydrogen (secondary N) is 1. The Bertz CT molecular complexity index is 676. The molecule has 7 nitrogen and oxygen atoms in total. The number of piperidine rings is 1. The van der Waals surface area contributed by atoms with E-state index in [1.807, 2.05) is 0 Å². The molecule has 24 heavy (non-hydrogen) atoms. The minimum atomic E-state index is -0.366. The maximum Gasteiger partial charge on any atom is 0.290 e. The van der Waals surface area contributed by atoms with E-state index in [-0.39, 0.29) is 11.1 Å². The number of thioether (sulfide) groups is 1. The van der Waals surface area contributed by atoms with Crippen LogP contribution >= 0.6 is 11.8 Å². The third kappa shape index (κ3) is 4.12. The molecule has 128 valence electrons. The topological polar surface area (TPSA) is 78.4 Å². The predicted octanol–water partition coefficient (Wildman–Crippen LogP) is 1.58. The van der Waals surface area contributed by atoms with E-state index >= 15 is 0 Å². The van der Waals surface area contributed by atoms with E-state index < -0.39 is 0 Å². The maximum absolute atomic E-state index is 11.6. The Morgan fingerprint density at radius 3 is 3.00 bits per heavy atom. The number of carbonyl (C=O) groups is 2. The van der Waals surface area contributed by atoms with Crippen molar-refractivity contribution in [3.63, 3.8) is 0 Å². The predicted molar refractivity (Wildman–Crippen MR) is 94.6 cm³/mol. The molecular weight excluding hydrogens is 326 g/mol. The summed E-state index contributed by atoms with van der Waals surface area (Å²) in [6.45, 7) is 2.93. The van der Waals surface area contributed by atoms with E-state index in [2.05, 4.69) is 39.2 Å². The zero-order chi connectivity index (χ0) is 17.1. The van der Waals surface area contributed by atoms with Gasteiger partial charge >= 0.3 is 0 Å². The lowest BCUT2D eigenvalue weighted by molar-refractivity contribution is -0.115. The van der Waals surface area contributed by atoms with Crippen LogP contribution in [0.5, 0.6) is 0 Å². The van der Waals surface area contributed by atoms with Crippen molar-refractivity contribution in [1.82, 2.24) is 20.2 Å². The standard InChI is InChI=1S/C16H21N5O2S/c1-20(2)9-11-4-3-7-21(10-11)15-17-6-5-12(18-15)8-13-14(22)19-16(23)24-13/h5-6,8,11H,3-4,7,9-10H2,1-2H3,(H,19,22,23). The van der Waals surface area contributed by atoms with Crippen LogP contribution in [0, 0.1) is 5.92 Å². The van der Waals surface area contributed by atoms with Gasteiger partial charge in [-0.05, 0) is 56.8 Å². The zero-order valence-corrected chi connectivity index (χ0v) is 14.7. The van der Waals surface area contributed by atoms with Crippen LogP contribution in [0.4, 0.5) is 10.7 Å². The first-order valence-electron chi connectivity index (χ1n) is 7.99. The lowest BCUT2D eigenvalue weighted by atomic mass is 9.98. The summed E-state index contributed by atoms with van der Waals surface area (Å²) in [6, 6.07) is 1.74. The summed E-state index contributed by atoms with van der Waals surface area (Å²) in [4.78, 5) is 36.6. The molecule has 0 saturated carbocycles. The van der Waals surface area contributed by atoms with Crippen LogP contribution in [-0.2, 0) is 4.79 Å². The van der Waals surface area contributed by atoms with Gasteiger partial charge in [0.1, 0.15) is 0 Å². The van der Waals surface area contributed by atoms with Gasteiger partial charge in [-0.1, -0.05) is 0 Å². The molecule has 8 heteroatoms. The monoisotopic (exact) mass is 347 g/mol. The summed E-state index contributed by atoms with van der Waals surface area (Å²) in [5.41, 5.74) is 0.641. The van der Waals surface area contributed by atoms with Crippen molar-refractivity contribution in [2.75, 3.05) is 38.6 Å². The highest BCUT2D eigenvalue weighted by Crippen LogP contribution is 2.26. The summed E-state index contributed by atoms with van der Waals surface area (Å²) < 4.78 is 0. The van der Waals surface area contributed by atoms with Gasteiger partial charge in [0.15, 0.2) is 0 Å². The molecular formula is C16H21N5O2S. The van der Waals surface area contributed by atoms with Crippen LogP contribution in [0.3, 0.4) is 0 Å². The number of anilines is 1. The van der Waals surface area contributed by atoms with Gasteiger partial charge in [0.2, 0.25) is 5.95 Å².